The minimum absolute atomic E-state index is 0.153. The zero-order chi connectivity index (χ0) is 15.0. The number of carbonyl (C=O) groups is 1. The minimum Gasteiger partial charge on any atom is -0.315 e. The van der Waals surface area contributed by atoms with Gasteiger partial charge in [0.1, 0.15) is 0 Å². The molecule has 1 aliphatic rings. The summed E-state index contributed by atoms with van der Waals surface area (Å²) in [6.45, 7) is 0. The van der Waals surface area contributed by atoms with Gasteiger partial charge in [-0.25, -0.2) is 0 Å². The summed E-state index contributed by atoms with van der Waals surface area (Å²) >= 11 is 5.52. The Labute approximate surface area is 137 Å². The number of fused-ring (bicyclic) bond motifs is 1. The maximum absolute atomic E-state index is 11.8. The number of hydrogen-bond donors (Lipinski definition) is 0. The largest absolute Gasteiger partial charge is 0.315 e. The van der Waals surface area contributed by atoms with E-state index in [0.717, 1.165) is 11.3 Å². The molecule has 1 unspecified atom stereocenters. The van der Waals surface area contributed by atoms with Crippen LogP contribution in [0.4, 0.5) is 5.69 Å². The quantitative estimate of drug-likeness (QED) is 0.595. The molecule has 0 aromatic heterocycles. The molecule has 1 aliphatic heterocycles. The van der Waals surface area contributed by atoms with E-state index >= 15 is 0 Å². The highest BCUT2D eigenvalue weighted by Gasteiger charge is 2.24. The van der Waals surface area contributed by atoms with Crippen LogP contribution in [0.5, 0.6) is 0 Å². The Morgan fingerprint density at radius 3 is 2.48 bits per heavy atom. The van der Waals surface area contributed by atoms with E-state index in [-0.39, 0.29) is 10.7 Å². The molecule has 2 aromatic carbocycles. The average Bonchev–Trinajstić information content (AvgIpc) is 2.81. The van der Waals surface area contributed by atoms with Crippen molar-refractivity contribution < 1.29 is 4.79 Å². The molecule has 0 saturated heterocycles. The summed E-state index contributed by atoms with van der Waals surface area (Å²) in [5.74, 6) is 0.164. The predicted molar refractivity (Wildman–Crippen MR) is 92.5 cm³/mol. The molecule has 108 valence electrons. The average molecular weight is 362 g/mol. The summed E-state index contributed by atoms with van der Waals surface area (Å²) in [7, 11) is 1.83. The SMILES string of the molecule is CSc1ccc(C(Br)c2ccc3c(c2)CC(=O)N3C)cc1. The van der Waals surface area contributed by atoms with Gasteiger partial charge in [0, 0.05) is 17.6 Å². The fourth-order valence-electron chi connectivity index (χ4n) is 2.61. The summed E-state index contributed by atoms with van der Waals surface area (Å²) in [5.41, 5.74) is 4.56. The van der Waals surface area contributed by atoms with E-state index in [9.17, 15) is 4.79 Å². The summed E-state index contributed by atoms with van der Waals surface area (Å²) < 4.78 is 0. The number of benzene rings is 2. The fraction of sp³-hybridized carbons (Fsp3) is 0.235. The van der Waals surface area contributed by atoms with Gasteiger partial charge < -0.3 is 4.90 Å². The van der Waals surface area contributed by atoms with Gasteiger partial charge in [0.05, 0.1) is 11.2 Å². The van der Waals surface area contributed by atoms with Crippen LogP contribution in [0.15, 0.2) is 47.4 Å². The van der Waals surface area contributed by atoms with Gasteiger partial charge in [-0.05, 0) is 41.1 Å². The second-order valence-corrected chi connectivity index (χ2v) is 6.95. The summed E-state index contributed by atoms with van der Waals surface area (Å²) in [6, 6.07) is 14.8. The number of alkyl halides is 1. The van der Waals surface area contributed by atoms with Gasteiger partial charge in [-0.1, -0.05) is 40.2 Å². The molecular weight excluding hydrogens is 346 g/mol. The highest BCUT2D eigenvalue weighted by Crippen LogP contribution is 2.36. The van der Waals surface area contributed by atoms with Crippen LogP contribution in [0.2, 0.25) is 0 Å². The van der Waals surface area contributed by atoms with Gasteiger partial charge in [0.15, 0.2) is 0 Å². The Kier molecular flexibility index (Phi) is 4.09. The van der Waals surface area contributed by atoms with E-state index in [2.05, 4.69) is 58.6 Å². The lowest BCUT2D eigenvalue weighted by Gasteiger charge is -2.14. The van der Waals surface area contributed by atoms with Gasteiger partial charge in [0.25, 0.3) is 0 Å². The van der Waals surface area contributed by atoms with Crippen molar-refractivity contribution in [3.8, 4) is 0 Å². The molecule has 4 heteroatoms. The van der Waals surface area contributed by atoms with Crippen LogP contribution in [0.3, 0.4) is 0 Å². The molecule has 0 radical (unpaired) electrons. The summed E-state index contributed by atoms with van der Waals surface area (Å²) in [4.78, 5) is 14.9. The summed E-state index contributed by atoms with van der Waals surface area (Å²) in [5, 5.41) is 0. The van der Waals surface area contributed by atoms with Gasteiger partial charge in [-0.2, -0.15) is 0 Å². The Morgan fingerprint density at radius 2 is 1.81 bits per heavy atom. The first-order valence-corrected chi connectivity index (χ1v) is 8.91. The first kappa shape index (κ1) is 14.7. The zero-order valence-electron chi connectivity index (χ0n) is 12.0. The van der Waals surface area contributed by atoms with Gasteiger partial charge in [0.2, 0.25) is 5.91 Å². The van der Waals surface area contributed by atoms with Crippen LogP contribution in [0, 0.1) is 0 Å². The molecule has 2 aromatic rings. The van der Waals surface area contributed by atoms with Crippen molar-refractivity contribution in [3.05, 3.63) is 59.2 Å². The minimum atomic E-state index is 0.153. The molecule has 3 rings (SSSR count). The molecule has 1 atom stereocenters. The zero-order valence-corrected chi connectivity index (χ0v) is 14.4. The Hall–Kier alpha value is -1.26. The van der Waals surface area contributed by atoms with Gasteiger partial charge in [-0.3, -0.25) is 4.79 Å². The number of carbonyl (C=O) groups excluding carboxylic acids is 1. The van der Waals surface area contributed by atoms with Gasteiger partial charge in [-0.15, -0.1) is 11.8 Å². The number of likely N-dealkylation sites (N-methyl/N-ethyl adjacent to an activating group) is 1. The van der Waals surface area contributed by atoms with Crippen molar-refractivity contribution in [1.29, 1.82) is 0 Å². The number of halogens is 1. The first-order valence-electron chi connectivity index (χ1n) is 6.77. The second kappa shape index (κ2) is 5.85. The fourth-order valence-corrected chi connectivity index (χ4v) is 3.61. The molecule has 0 N–H and O–H groups in total. The molecule has 0 aliphatic carbocycles. The van der Waals surface area contributed by atoms with E-state index < -0.39 is 0 Å². The number of anilines is 1. The smallest absolute Gasteiger partial charge is 0.231 e. The maximum Gasteiger partial charge on any atom is 0.231 e. The number of nitrogens with zero attached hydrogens (tertiary/aromatic N) is 1. The van der Waals surface area contributed by atoms with Gasteiger partial charge >= 0.3 is 0 Å². The van der Waals surface area contributed by atoms with E-state index in [0.29, 0.717) is 6.42 Å². The van der Waals surface area contributed by atoms with Crippen molar-refractivity contribution in [2.45, 2.75) is 16.1 Å². The molecule has 0 saturated carbocycles. The van der Waals surface area contributed by atoms with Crippen LogP contribution >= 0.6 is 27.7 Å². The van der Waals surface area contributed by atoms with E-state index in [1.165, 1.54) is 16.0 Å². The third-order valence-electron chi connectivity index (χ3n) is 3.88. The number of hydrogen-bond acceptors (Lipinski definition) is 2. The second-order valence-electron chi connectivity index (χ2n) is 5.15. The van der Waals surface area contributed by atoms with Crippen molar-refractivity contribution >= 4 is 39.3 Å². The lowest BCUT2D eigenvalue weighted by molar-refractivity contribution is -0.117. The maximum atomic E-state index is 11.8. The molecule has 2 nitrogen and oxygen atoms in total. The van der Waals surface area contributed by atoms with Crippen LogP contribution < -0.4 is 4.90 Å². The van der Waals surface area contributed by atoms with Crippen molar-refractivity contribution in [2.24, 2.45) is 0 Å². The molecule has 1 amide bonds. The first-order chi connectivity index (χ1) is 10.1. The molecule has 0 fully saturated rings. The lowest BCUT2D eigenvalue weighted by atomic mass is 10.0. The topological polar surface area (TPSA) is 20.3 Å². The highest BCUT2D eigenvalue weighted by molar-refractivity contribution is 9.09. The summed E-state index contributed by atoms with van der Waals surface area (Å²) in [6.07, 6.45) is 2.58. The van der Waals surface area contributed by atoms with E-state index in [1.807, 2.05) is 13.1 Å². The molecule has 1 heterocycles. The third-order valence-corrected chi connectivity index (χ3v) is 5.68. The third kappa shape index (κ3) is 2.74. The molecular formula is C17H16BrNOS. The monoisotopic (exact) mass is 361 g/mol. The Morgan fingerprint density at radius 1 is 1.14 bits per heavy atom. The Bertz CT molecular complexity index is 684. The van der Waals surface area contributed by atoms with Crippen LogP contribution in [-0.4, -0.2) is 19.2 Å². The van der Waals surface area contributed by atoms with E-state index in [1.54, 1.807) is 16.7 Å². The van der Waals surface area contributed by atoms with Crippen LogP contribution in [0.25, 0.3) is 0 Å². The molecule has 21 heavy (non-hydrogen) atoms. The number of thioether (sulfide) groups is 1. The van der Waals surface area contributed by atoms with Crippen molar-refractivity contribution in [3.63, 3.8) is 0 Å². The standard InChI is InChI=1S/C17H16BrNOS/c1-19-15-8-5-12(9-13(15)10-16(19)20)17(18)11-3-6-14(21-2)7-4-11/h3-9,17H,10H2,1-2H3. The number of rotatable bonds is 3. The highest BCUT2D eigenvalue weighted by atomic mass is 79.9. The van der Waals surface area contributed by atoms with Crippen LogP contribution in [-0.2, 0) is 11.2 Å². The lowest BCUT2D eigenvalue weighted by Crippen LogP contribution is -2.20. The normalized spacial score (nSPS) is 15.2. The molecule has 0 bridgehead atoms. The Balaban J connectivity index is 1.90. The molecule has 0 spiro atoms. The van der Waals surface area contributed by atoms with Crippen LogP contribution in [0.1, 0.15) is 21.5 Å². The van der Waals surface area contributed by atoms with Crippen molar-refractivity contribution in [1.82, 2.24) is 0 Å². The van der Waals surface area contributed by atoms with E-state index in [4.69, 9.17) is 0 Å². The predicted octanol–water partition coefficient (Wildman–Crippen LogP) is 4.41. The number of amides is 1. The van der Waals surface area contributed by atoms with Crippen molar-refractivity contribution in [2.75, 3.05) is 18.2 Å².